The van der Waals surface area contributed by atoms with Gasteiger partial charge in [0.2, 0.25) is 11.7 Å². The van der Waals surface area contributed by atoms with E-state index in [4.69, 9.17) is 0 Å². The summed E-state index contributed by atoms with van der Waals surface area (Å²) in [6, 6.07) is -0.597. The van der Waals surface area contributed by atoms with E-state index in [1.165, 1.54) is 13.4 Å². The molecule has 3 aromatic heterocycles. The van der Waals surface area contributed by atoms with Crippen molar-refractivity contribution in [1.82, 2.24) is 34.4 Å². The van der Waals surface area contributed by atoms with Crippen LogP contribution < -0.4 is 10.6 Å². The normalized spacial score (nSPS) is 25.3. The van der Waals surface area contributed by atoms with Gasteiger partial charge in [-0.3, -0.25) is 4.79 Å². The Morgan fingerprint density at radius 3 is 2.68 bits per heavy atom. The number of carbonyl (C=O) groups excluding carboxylic acids is 1. The summed E-state index contributed by atoms with van der Waals surface area (Å²) in [7, 11) is 5.06. The number of carbonyl (C=O) groups is 1. The molecule has 4 N–H and O–H groups in total. The van der Waals surface area contributed by atoms with Gasteiger partial charge in [0.05, 0.1) is 36.4 Å². The zero-order valence-electron chi connectivity index (χ0n) is 17.7. The summed E-state index contributed by atoms with van der Waals surface area (Å²) in [6.07, 6.45) is 2.65. The summed E-state index contributed by atoms with van der Waals surface area (Å²) >= 11 is 0. The Labute approximate surface area is 178 Å². The predicted molar refractivity (Wildman–Crippen MR) is 112 cm³/mol. The van der Waals surface area contributed by atoms with Gasteiger partial charge in [0, 0.05) is 21.1 Å². The summed E-state index contributed by atoms with van der Waals surface area (Å²) in [6.45, 7) is 1.64. The van der Waals surface area contributed by atoms with Crippen molar-refractivity contribution in [1.29, 1.82) is 0 Å². The van der Waals surface area contributed by atoms with Crippen molar-refractivity contribution >= 4 is 22.9 Å². The van der Waals surface area contributed by atoms with Gasteiger partial charge in [0.1, 0.15) is 11.8 Å². The lowest BCUT2D eigenvalue weighted by Crippen LogP contribution is -2.45. The Morgan fingerprint density at radius 2 is 2.03 bits per heavy atom. The van der Waals surface area contributed by atoms with Crippen LogP contribution in [-0.4, -0.2) is 71.5 Å². The van der Waals surface area contributed by atoms with Gasteiger partial charge in [-0.05, 0) is 25.2 Å². The van der Waals surface area contributed by atoms with E-state index < -0.39 is 23.7 Å². The molecule has 0 saturated heterocycles. The lowest BCUT2D eigenvalue weighted by atomic mass is 9.85. The van der Waals surface area contributed by atoms with Gasteiger partial charge in [-0.15, -0.1) is 0 Å². The van der Waals surface area contributed by atoms with Gasteiger partial charge < -0.3 is 30.0 Å². The van der Waals surface area contributed by atoms with Gasteiger partial charge >= 0.3 is 0 Å². The third-order valence-electron chi connectivity index (χ3n) is 5.88. The van der Waals surface area contributed by atoms with Crippen molar-refractivity contribution in [3.63, 3.8) is 0 Å². The fourth-order valence-corrected chi connectivity index (χ4v) is 4.03. The van der Waals surface area contributed by atoms with E-state index >= 15 is 0 Å². The number of aryl methyl sites for hydroxylation is 1. The standard InChI is InChI=1S/C20H24N8O3/c1-20(19(31)22-3)7-12(15(29)16(20)30)28-10-24-14-17(21-2)25-13(26-18(14)28)6-5-11-8-23-9-27(11)4/h8-10,12,15-16,29-30H,7H2,1-4H3,(H,22,31)(H,21,25,26)/t12-,15+,16+,20?/m1/s1. The number of imidazole rings is 2. The number of rotatable bonds is 3. The molecular formula is C20H24N8O3. The Hall–Kier alpha value is -3.49. The topological polar surface area (TPSA) is 143 Å². The van der Waals surface area contributed by atoms with Gasteiger partial charge in [-0.2, -0.15) is 0 Å². The van der Waals surface area contributed by atoms with E-state index in [0.29, 0.717) is 22.7 Å². The number of nitrogens with zero attached hydrogens (tertiary/aromatic N) is 6. The molecule has 0 bridgehead atoms. The van der Waals surface area contributed by atoms with Crippen molar-refractivity contribution in [2.75, 3.05) is 19.4 Å². The van der Waals surface area contributed by atoms with Crippen LogP contribution in [0.1, 0.15) is 30.9 Å². The molecule has 1 fully saturated rings. The number of hydrogen-bond donors (Lipinski definition) is 4. The van der Waals surface area contributed by atoms with Crippen LogP contribution >= 0.6 is 0 Å². The number of anilines is 1. The van der Waals surface area contributed by atoms with Crippen LogP contribution in [0.3, 0.4) is 0 Å². The van der Waals surface area contributed by atoms with E-state index in [-0.39, 0.29) is 18.2 Å². The minimum absolute atomic E-state index is 0.218. The summed E-state index contributed by atoms with van der Waals surface area (Å²) in [4.78, 5) is 29.8. The molecular weight excluding hydrogens is 400 g/mol. The van der Waals surface area contributed by atoms with Crippen LogP contribution in [0.15, 0.2) is 18.9 Å². The van der Waals surface area contributed by atoms with E-state index in [0.717, 1.165) is 0 Å². The number of nitrogens with one attached hydrogen (secondary N) is 2. The monoisotopic (exact) mass is 424 g/mol. The average Bonchev–Trinajstić information content (AvgIpc) is 3.44. The number of amides is 1. The number of fused-ring (bicyclic) bond motifs is 1. The fourth-order valence-electron chi connectivity index (χ4n) is 4.03. The molecule has 31 heavy (non-hydrogen) atoms. The maximum Gasteiger partial charge on any atom is 0.228 e. The second kappa shape index (κ2) is 7.64. The fraction of sp³-hybridized carbons (Fsp3) is 0.450. The van der Waals surface area contributed by atoms with Crippen LogP contribution in [0.2, 0.25) is 0 Å². The third kappa shape index (κ3) is 3.30. The second-order valence-corrected chi connectivity index (χ2v) is 7.81. The maximum absolute atomic E-state index is 12.4. The van der Waals surface area contributed by atoms with Gasteiger partial charge in [-0.25, -0.2) is 19.9 Å². The van der Waals surface area contributed by atoms with Crippen LogP contribution in [0.5, 0.6) is 0 Å². The number of hydrogen-bond acceptors (Lipinski definition) is 8. The molecule has 1 aliphatic carbocycles. The average molecular weight is 424 g/mol. The second-order valence-electron chi connectivity index (χ2n) is 7.81. The molecule has 0 spiro atoms. The first kappa shape index (κ1) is 20.8. The van der Waals surface area contributed by atoms with Crippen molar-refractivity contribution in [3.8, 4) is 11.8 Å². The highest BCUT2D eigenvalue weighted by atomic mass is 16.3. The quantitative estimate of drug-likeness (QED) is 0.409. The van der Waals surface area contributed by atoms with E-state index in [2.05, 4.69) is 42.4 Å². The third-order valence-corrected chi connectivity index (χ3v) is 5.88. The molecule has 1 aliphatic rings. The lowest BCUT2D eigenvalue weighted by molar-refractivity contribution is -0.136. The van der Waals surface area contributed by atoms with Crippen molar-refractivity contribution in [2.24, 2.45) is 12.5 Å². The summed E-state index contributed by atoms with van der Waals surface area (Å²) in [5.74, 6) is 6.34. The van der Waals surface area contributed by atoms with Crippen LogP contribution in [0.25, 0.3) is 11.2 Å². The lowest BCUT2D eigenvalue weighted by Gasteiger charge is -2.26. The predicted octanol–water partition coefficient (Wildman–Crippen LogP) is -0.580. The molecule has 3 aromatic rings. The molecule has 4 rings (SSSR count). The summed E-state index contributed by atoms with van der Waals surface area (Å²) in [5.41, 5.74) is 0.519. The van der Waals surface area contributed by atoms with Crippen molar-refractivity contribution in [2.45, 2.75) is 31.6 Å². The molecule has 4 atom stereocenters. The van der Waals surface area contributed by atoms with Gasteiger partial charge in [-0.1, -0.05) is 0 Å². The smallest absolute Gasteiger partial charge is 0.228 e. The molecule has 1 saturated carbocycles. The van der Waals surface area contributed by atoms with Crippen molar-refractivity contribution in [3.05, 3.63) is 30.4 Å². The maximum atomic E-state index is 12.4. The molecule has 1 amide bonds. The largest absolute Gasteiger partial charge is 0.389 e. The molecule has 0 radical (unpaired) electrons. The van der Waals surface area contributed by atoms with E-state index in [1.54, 1.807) is 35.6 Å². The molecule has 3 heterocycles. The Balaban J connectivity index is 1.79. The van der Waals surface area contributed by atoms with Crippen LogP contribution in [0.4, 0.5) is 5.82 Å². The highest BCUT2D eigenvalue weighted by Gasteiger charge is 2.54. The Morgan fingerprint density at radius 1 is 1.26 bits per heavy atom. The number of aromatic nitrogens is 6. The minimum Gasteiger partial charge on any atom is -0.389 e. The number of aliphatic hydroxyl groups excluding tert-OH is 2. The van der Waals surface area contributed by atoms with Gasteiger partial charge in [0.15, 0.2) is 17.0 Å². The van der Waals surface area contributed by atoms with Crippen LogP contribution in [-0.2, 0) is 11.8 Å². The molecule has 1 unspecified atom stereocenters. The Kier molecular flexibility index (Phi) is 5.12. The molecule has 162 valence electrons. The zero-order chi connectivity index (χ0) is 22.3. The zero-order valence-corrected chi connectivity index (χ0v) is 17.7. The molecule has 0 aromatic carbocycles. The first-order valence-electron chi connectivity index (χ1n) is 9.79. The molecule has 11 heteroatoms. The minimum atomic E-state index is -1.23. The van der Waals surface area contributed by atoms with Crippen molar-refractivity contribution < 1.29 is 15.0 Å². The summed E-state index contributed by atoms with van der Waals surface area (Å²) in [5, 5.41) is 26.9. The van der Waals surface area contributed by atoms with E-state index in [9.17, 15) is 15.0 Å². The molecule has 0 aliphatic heterocycles. The highest BCUT2D eigenvalue weighted by Crippen LogP contribution is 2.45. The summed E-state index contributed by atoms with van der Waals surface area (Å²) < 4.78 is 3.46. The number of aliphatic hydroxyl groups is 2. The SMILES string of the molecule is CNC(=O)C1(C)C[C@@H](n2cnc3c(NC)nc(C#Cc4cncn4C)nc32)[C@H](O)[C@@H]1O. The molecule has 11 nitrogen and oxygen atoms in total. The highest BCUT2D eigenvalue weighted by molar-refractivity contribution is 5.85. The van der Waals surface area contributed by atoms with Gasteiger partial charge in [0.25, 0.3) is 0 Å². The van der Waals surface area contributed by atoms with E-state index in [1.807, 2.05) is 7.05 Å². The first-order valence-corrected chi connectivity index (χ1v) is 9.79. The van der Waals surface area contributed by atoms with Crippen LogP contribution in [0, 0.1) is 17.3 Å². The first-order chi connectivity index (χ1) is 14.8. The Bertz CT molecular complexity index is 1210.